The van der Waals surface area contributed by atoms with Crippen LogP contribution in [0.5, 0.6) is 0 Å². The summed E-state index contributed by atoms with van der Waals surface area (Å²) in [6.45, 7) is 3.50. The maximum Gasteiger partial charge on any atom is 0.416 e. The molecule has 0 bridgehead atoms. The molecule has 3 heterocycles. The Morgan fingerprint density at radius 1 is 1.16 bits per heavy atom. The van der Waals surface area contributed by atoms with Gasteiger partial charge < -0.3 is 19.0 Å². The first-order chi connectivity index (χ1) is 18.1. The predicted octanol–water partition coefficient (Wildman–Crippen LogP) is 4.35. The van der Waals surface area contributed by atoms with E-state index in [1.54, 1.807) is 61.9 Å². The summed E-state index contributed by atoms with van der Waals surface area (Å²) in [5, 5.41) is 13.4. The highest BCUT2D eigenvalue weighted by molar-refractivity contribution is 7.17. The summed E-state index contributed by atoms with van der Waals surface area (Å²) < 4.78 is 6.80. The van der Waals surface area contributed by atoms with Crippen LogP contribution in [0, 0.1) is 0 Å². The summed E-state index contributed by atoms with van der Waals surface area (Å²) >= 11 is 1.16. The van der Waals surface area contributed by atoms with Crippen LogP contribution >= 0.6 is 11.3 Å². The standard InChI is InChI=1S/C27H25N5O5S/c1-27(2,36)15-32-19-10-9-17(31(3)24(34)16-7-5-4-6-8-16)13-18(19)29-25(32)30-23(33)22-12-11-21(38-22)20-14-28-26(35)37-20/h4-14,36H,15H2,1-3H3,(H,28,35)(H,29,30,33). The van der Waals surface area contributed by atoms with Crippen molar-refractivity contribution in [2.75, 3.05) is 17.3 Å². The second-order valence-electron chi connectivity index (χ2n) is 9.40. The Bertz CT molecular complexity index is 1690. The van der Waals surface area contributed by atoms with E-state index in [2.05, 4.69) is 15.3 Å². The van der Waals surface area contributed by atoms with Gasteiger partial charge in [0.1, 0.15) is 0 Å². The van der Waals surface area contributed by atoms with Gasteiger partial charge in [0.05, 0.1) is 39.1 Å². The highest BCUT2D eigenvalue weighted by atomic mass is 32.1. The second-order valence-corrected chi connectivity index (χ2v) is 10.5. The number of anilines is 2. The molecule has 0 unspecified atom stereocenters. The molecular formula is C27H25N5O5S. The molecule has 0 spiro atoms. The minimum absolute atomic E-state index is 0.166. The van der Waals surface area contributed by atoms with Crippen LogP contribution in [0.3, 0.4) is 0 Å². The van der Waals surface area contributed by atoms with Gasteiger partial charge in [-0.05, 0) is 56.3 Å². The lowest BCUT2D eigenvalue weighted by atomic mass is 10.1. The van der Waals surface area contributed by atoms with E-state index in [1.807, 2.05) is 24.3 Å². The fourth-order valence-electron chi connectivity index (χ4n) is 4.02. The minimum atomic E-state index is -1.09. The van der Waals surface area contributed by atoms with Gasteiger partial charge in [0, 0.05) is 18.3 Å². The number of aliphatic hydroxyl groups is 1. The minimum Gasteiger partial charge on any atom is -0.407 e. The van der Waals surface area contributed by atoms with Gasteiger partial charge in [-0.3, -0.25) is 19.9 Å². The smallest absolute Gasteiger partial charge is 0.407 e. The highest BCUT2D eigenvalue weighted by Gasteiger charge is 2.23. The van der Waals surface area contributed by atoms with Gasteiger partial charge >= 0.3 is 5.76 Å². The number of nitrogens with zero attached hydrogens (tertiary/aromatic N) is 3. The summed E-state index contributed by atoms with van der Waals surface area (Å²) in [6.07, 6.45) is 1.44. The largest absolute Gasteiger partial charge is 0.416 e. The summed E-state index contributed by atoms with van der Waals surface area (Å²) in [6, 6.07) is 17.7. The average molecular weight is 532 g/mol. The third-order valence-corrected chi connectivity index (χ3v) is 6.91. The fourth-order valence-corrected chi connectivity index (χ4v) is 4.88. The number of aromatic nitrogens is 3. The molecule has 0 aliphatic rings. The molecule has 2 amide bonds. The van der Waals surface area contributed by atoms with Crippen molar-refractivity contribution in [2.45, 2.75) is 26.0 Å². The zero-order valence-electron chi connectivity index (χ0n) is 20.9. The van der Waals surface area contributed by atoms with Crippen molar-refractivity contribution in [1.29, 1.82) is 0 Å². The van der Waals surface area contributed by atoms with Crippen molar-refractivity contribution >= 4 is 45.8 Å². The first-order valence-electron chi connectivity index (χ1n) is 11.7. The van der Waals surface area contributed by atoms with Crippen LogP contribution in [0.4, 0.5) is 11.6 Å². The lowest BCUT2D eigenvalue weighted by molar-refractivity contribution is 0.0630. The summed E-state index contributed by atoms with van der Waals surface area (Å²) in [5.41, 5.74) is 1.34. The first kappa shape index (κ1) is 25.2. The van der Waals surface area contributed by atoms with Crippen LogP contribution in [0.25, 0.3) is 21.7 Å². The predicted molar refractivity (Wildman–Crippen MR) is 146 cm³/mol. The van der Waals surface area contributed by atoms with Gasteiger partial charge in [-0.2, -0.15) is 0 Å². The Hall–Kier alpha value is -4.48. The van der Waals surface area contributed by atoms with Gasteiger partial charge in [-0.1, -0.05) is 18.2 Å². The molecule has 3 N–H and O–H groups in total. The Labute approximate surface area is 221 Å². The van der Waals surface area contributed by atoms with Crippen LogP contribution in [0.1, 0.15) is 33.9 Å². The monoisotopic (exact) mass is 531 g/mol. The normalized spacial score (nSPS) is 11.6. The van der Waals surface area contributed by atoms with E-state index >= 15 is 0 Å². The van der Waals surface area contributed by atoms with E-state index in [9.17, 15) is 19.5 Å². The Morgan fingerprint density at radius 3 is 2.61 bits per heavy atom. The lowest BCUT2D eigenvalue weighted by Gasteiger charge is -2.20. The molecule has 3 aromatic heterocycles. The molecule has 194 valence electrons. The van der Waals surface area contributed by atoms with Crippen LogP contribution in [-0.4, -0.2) is 44.1 Å². The van der Waals surface area contributed by atoms with Crippen molar-refractivity contribution < 1.29 is 19.1 Å². The number of rotatable bonds is 7. The number of imidazole rings is 1. The number of carbonyl (C=O) groups is 2. The number of carbonyl (C=O) groups excluding carboxylic acids is 2. The van der Waals surface area contributed by atoms with Crippen LogP contribution in [-0.2, 0) is 6.54 Å². The van der Waals surface area contributed by atoms with Gasteiger partial charge in [-0.15, -0.1) is 11.3 Å². The van der Waals surface area contributed by atoms with Crippen LogP contribution in [0.15, 0.2) is 76.1 Å². The summed E-state index contributed by atoms with van der Waals surface area (Å²) in [5.74, 6) is -0.543. The topological polar surface area (TPSA) is 133 Å². The van der Waals surface area contributed by atoms with Crippen molar-refractivity contribution in [3.63, 3.8) is 0 Å². The molecule has 5 aromatic rings. The van der Waals surface area contributed by atoms with Crippen molar-refractivity contribution in [3.05, 3.63) is 87.9 Å². The maximum atomic E-state index is 13.1. The number of nitrogens with one attached hydrogen (secondary N) is 2. The molecule has 10 nitrogen and oxygen atoms in total. The molecule has 0 atom stereocenters. The molecule has 11 heteroatoms. The third kappa shape index (κ3) is 5.15. The van der Waals surface area contributed by atoms with Gasteiger partial charge in [-0.25, -0.2) is 9.78 Å². The second kappa shape index (κ2) is 9.77. The molecule has 0 fully saturated rings. The molecule has 2 aromatic carbocycles. The molecule has 0 radical (unpaired) electrons. The van der Waals surface area contributed by atoms with Crippen LogP contribution in [0.2, 0.25) is 0 Å². The number of hydrogen-bond acceptors (Lipinski definition) is 7. The highest BCUT2D eigenvalue weighted by Crippen LogP contribution is 2.30. The number of hydrogen-bond donors (Lipinski definition) is 3. The van der Waals surface area contributed by atoms with Crippen molar-refractivity contribution in [3.8, 4) is 10.6 Å². The molecule has 0 saturated heterocycles. The zero-order chi connectivity index (χ0) is 27.0. The van der Waals surface area contributed by atoms with Crippen LogP contribution < -0.4 is 16.0 Å². The summed E-state index contributed by atoms with van der Waals surface area (Å²) in [4.78, 5) is 47.0. The SMILES string of the molecule is CN(C(=O)c1ccccc1)c1ccc2c(c1)nc(NC(=O)c1ccc(-c3c[nH]c(=O)o3)s1)n2CC(C)(C)O. The Morgan fingerprint density at radius 2 is 1.92 bits per heavy atom. The van der Waals surface area contributed by atoms with Gasteiger partial charge in [0.2, 0.25) is 5.95 Å². The summed E-state index contributed by atoms with van der Waals surface area (Å²) in [7, 11) is 1.69. The molecule has 0 aliphatic carbocycles. The fraction of sp³-hybridized carbons (Fsp3) is 0.185. The number of aromatic amines is 1. The van der Waals surface area contributed by atoms with E-state index < -0.39 is 17.3 Å². The Balaban J connectivity index is 1.46. The molecule has 0 saturated carbocycles. The number of thiophene rings is 1. The van der Waals surface area contributed by atoms with Crippen molar-refractivity contribution in [1.82, 2.24) is 14.5 Å². The molecular weight excluding hydrogens is 506 g/mol. The number of oxazole rings is 1. The van der Waals surface area contributed by atoms with Gasteiger partial charge in [0.25, 0.3) is 11.8 Å². The quantitative estimate of drug-likeness (QED) is 0.286. The van der Waals surface area contributed by atoms with E-state index in [-0.39, 0.29) is 18.4 Å². The number of benzene rings is 2. The van der Waals surface area contributed by atoms with E-state index in [0.717, 1.165) is 11.3 Å². The van der Waals surface area contributed by atoms with E-state index in [4.69, 9.17) is 4.42 Å². The van der Waals surface area contributed by atoms with Gasteiger partial charge in [0.15, 0.2) is 5.76 Å². The lowest BCUT2D eigenvalue weighted by Crippen LogP contribution is -2.27. The molecule has 5 rings (SSSR count). The third-order valence-electron chi connectivity index (χ3n) is 5.81. The van der Waals surface area contributed by atoms with E-state index in [0.29, 0.717) is 37.8 Å². The average Bonchev–Trinajstić information content (AvgIpc) is 3.62. The number of fused-ring (bicyclic) bond motifs is 1. The number of amides is 2. The first-order valence-corrected chi connectivity index (χ1v) is 12.6. The Kier molecular flexibility index (Phi) is 6.47. The van der Waals surface area contributed by atoms with Crippen molar-refractivity contribution in [2.24, 2.45) is 0 Å². The maximum absolute atomic E-state index is 13.1. The number of H-pyrrole nitrogens is 1. The molecule has 0 aliphatic heterocycles. The zero-order valence-corrected chi connectivity index (χ0v) is 21.7. The van der Waals surface area contributed by atoms with E-state index in [1.165, 1.54) is 11.1 Å². The molecule has 38 heavy (non-hydrogen) atoms.